The van der Waals surface area contributed by atoms with E-state index in [1.54, 1.807) is 18.0 Å². The van der Waals surface area contributed by atoms with Gasteiger partial charge in [0.25, 0.3) is 11.5 Å². The van der Waals surface area contributed by atoms with Gasteiger partial charge >= 0.3 is 0 Å². The number of carbonyl (C=O) groups is 1. The van der Waals surface area contributed by atoms with E-state index in [0.717, 1.165) is 36.1 Å². The number of likely N-dealkylation sites (tertiary alicyclic amines) is 1. The van der Waals surface area contributed by atoms with Crippen LogP contribution in [-0.2, 0) is 13.5 Å². The molecule has 0 radical (unpaired) electrons. The first-order valence-electron chi connectivity index (χ1n) is 9.58. The first kappa shape index (κ1) is 19.3. The third-order valence-corrected chi connectivity index (χ3v) is 5.67. The molecule has 0 aliphatic carbocycles. The normalized spacial score (nSPS) is 17.2. The van der Waals surface area contributed by atoms with Crippen LogP contribution in [0.2, 0.25) is 0 Å². The topological polar surface area (TPSA) is 42.3 Å². The van der Waals surface area contributed by atoms with Gasteiger partial charge in [0.2, 0.25) is 0 Å². The van der Waals surface area contributed by atoms with E-state index >= 15 is 0 Å². The Morgan fingerprint density at radius 2 is 2.00 bits per heavy atom. The average Bonchev–Trinajstić information content (AvgIpc) is 2.66. The Morgan fingerprint density at radius 1 is 1.26 bits per heavy atom. The molecule has 1 aromatic carbocycles. The monoisotopic (exact) mass is 370 g/mol. The second kappa shape index (κ2) is 8.07. The smallest absolute Gasteiger partial charge is 0.263 e. The first-order valence-corrected chi connectivity index (χ1v) is 9.58. The van der Waals surface area contributed by atoms with Gasteiger partial charge in [0.1, 0.15) is 11.4 Å². The summed E-state index contributed by atoms with van der Waals surface area (Å²) in [5.74, 6) is -0.0133. The molecule has 5 heteroatoms. The molecule has 27 heavy (non-hydrogen) atoms. The van der Waals surface area contributed by atoms with Gasteiger partial charge in [0.05, 0.1) is 0 Å². The molecule has 3 rings (SSSR count). The van der Waals surface area contributed by atoms with Crippen LogP contribution in [0.3, 0.4) is 0 Å². The van der Waals surface area contributed by atoms with E-state index in [9.17, 15) is 14.0 Å². The summed E-state index contributed by atoms with van der Waals surface area (Å²) in [5, 5.41) is 0. The summed E-state index contributed by atoms with van der Waals surface area (Å²) < 4.78 is 15.4. The lowest BCUT2D eigenvalue weighted by Crippen LogP contribution is -2.43. The van der Waals surface area contributed by atoms with Gasteiger partial charge in [-0.05, 0) is 68.7 Å². The van der Waals surface area contributed by atoms with Crippen LogP contribution in [0, 0.1) is 25.6 Å². The number of amides is 1. The fourth-order valence-electron chi connectivity index (χ4n) is 3.94. The Kier molecular flexibility index (Phi) is 5.78. The first-order chi connectivity index (χ1) is 12.9. The number of aromatic nitrogens is 1. The number of halogens is 1. The van der Waals surface area contributed by atoms with Gasteiger partial charge in [-0.3, -0.25) is 9.59 Å². The van der Waals surface area contributed by atoms with Gasteiger partial charge < -0.3 is 9.47 Å². The zero-order valence-corrected chi connectivity index (χ0v) is 16.3. The van der Waals surface area contributed by atoms with Crippen molar-refractivity contribution in [3.8, 4) is 0 Å². The Morgan fingerprint density at radius 3 is 2.74 bits per heavy atom. The Balaban J connectivity index is 1.71. The van der Waals surface area contributed by atoms with E-state index in [1.165, 1.54) is 10.6 Å². The highest BCUT2D eigenvalue weighted by Gasteiger charge is 2.27. The van der Waals surface area contributed by atoms with Crippen LogP contribution in [0.15, 0.2) is 35.1 Å². The van der Waals surface area contributed by atoms with Crippen LogP contribution in [0.25, 0.3) is 0 Å². The quantitative estimate of drug-likeness (QED) is 0.825. The minimum absolute atomic E-state index is 0.167. The highest BCUT2D eigenvalue weighted by atomic mass is 19.1. The summed E-state index contributed by atoms with van der Waals surface area (Å²) in [6.45, 7) is 4.98. The lowest BCUT2D eigenvalue weighted by molar-refractivity contribution is 0.0665. The number of aryl methyl sites for hydroxylation is 3. The molecule has 1 amide bonds. The predicted octanol–water partition coefficient (Wildman–Crippen LogP) is 3.63. The maximum absolute atomic E-state index is 13.8. The number of nitrogens with zero attached hydrogens (tertiary/aromatic N) is 2. The summed E-state index contributed by atoms with van der Waals surface area (Å²) in [7, 11) is 1.70. The van der Waals surface area contributed by atoms with Gasteiger partial charge in [0, 0.05) is 25.8 Å². The molecule has 0 N–H and O–H groups in total. The van der Waals surface area contributed by atoms with Gasteiger partial charge in [-0.25, -0.2) is 4.39 Å². The summed E-state index contributed by atoms with van der Waals surface area (Å²) in [5.41, 5.74) is 2.34. The Bertz CT molecular complexity index is 904. The molecule has 1 fully saturated rings. The van der Waals surface area contributed by atoms with E-state index in [0.29, 0.717) is 25.4 Å². The maximum Gasteiger partial charge on any atom is 0.263 e. The molecule has 1 aliphatic heterocycles. The maximum atomic E-state index is 13.8. The summed E-state index contributed by atoms with van der Waals surface area (Å²) in [6.07, 6.45) is 3.46. The van der Waals surface area contributed by atoms with Crippen molar-refractivity contribution in [2.24, 2.45) is 13.0 Å². The largest absolute Gasteiger partial charge is 0.338 e. The number of piperidine rings is 1. The second-order valence-corrected chi connectivity index (χ2v) is 7.60. The summed E-state index contributed by atoms with van der Waals surface area (Å²) >= 11 is 0. The SMILES string of the molecule is Cc1cc(C)n(C)c(=O)c1C(=O)N1CCC[C@@H](CCc2ccccc2F)C1. The molecule has 0 unspecified atom stereocenters. The lowest BCUT2D eigenvalue weighted by Gasteiger charge is -2.33. The zero-order valence-electron chi connectivity index (χ0n) is 16.3. The Hall–Kier alpha value is -2.43. The molecule has 4 nitrogen and oxygen atoms in total. The van der Waals surface area contributed by atoms with Crippen molar-refractivity contribution in [1.29, 1.82) is 0 Å². The van der Waals surface area contributed by atoms with Crippen molar-refractivity contribution in [2.75, 3.05) is 13.1 Å². The van der Waals surface area contributed by atoms with Gasteiger partial charge in [-0.15, -0.1) is 0 Å². The Labute approximate surface area is 159 Å². The fraction of sp³-hybridized carbons (Fsp3) is 0.455. The van der Waals surface area contributed by atoms with Crippen LogP contribution in [0.1, 0.15) is 46.4 Å². The van der Waals surface area contributed by atoms with Crippen molar-refractivity contribution < 1.29 is 9.18 Å². The van der Waals surface area contributed by atoms with E-state index in [2.05, 4.69) is 0 Å². The van der Waals surface area contributed by atoms with Crippen molar-refractivity contribution in [3.63, 3.8) is 0 Å². The van der Waals surface area contributed by atoms with Crippen molar-refractivity contribution in [3.05, 3.63) is 68.9 Å². The van der Waals surface area contributed by atoms with E-state index in [4.69, 9.17) is 0 Å². The van der Waals surface area contributed by atoms with E-state index in [1.807, 2.05) is 32.0 Å². The third-order valence-electron chi connectivity index (χ3n) is 5.67. The standard InChI is InChI=1S/C22H27FN2O2/c1-15-13-16(2)24(3)21(26)20(15)22(27)25-12-6-7-17(14-25)10-11-18-8-4-5-9-19(18)23/h4-5,8-9,13,17H,6-7,10-12,14H2,1-3H3/t17-/m0/s1. The molecule has 0 saturated carbocycles. The van der Waals surface area contributed by atoms with Crippen molar-refractivity contribution >= 4 is 5.91 Å². The lowest BCUT2D eigenvalue weighted by atomic mass is 9.91. The molecule has 2 aromatic rings. The fourth-order valence-corrected chi connectivity index (χ4v) is 3.94. The number of hydrogen-bond acceptors (Lipinski definition) is 2. The van der Waals surface area contributed by atoms with Crippen LogP contribution < -0.4 is 5.56 Å². The molecule has 1 saturated heterocycles. The zero-order chi connectivity index (χ0) is 19.6. The van der Waals surface area contributed by atoms with Crippen LogP contribution >= 0.6 is 0 Å². The van der Waals surface area contributed by atoms with Crippen LogP contribution in [0.5, 0.6) is 0 Å². The predicted molar refractivity (Wildman–Crippen MR) is 105 cm³/mol. The van der Waals surface area contributed by atoms with Gasteiger partial charge in [-0.2, -0.15) is 0 Å². The average molecular weight is 370 g/mol. The molecule has 0 bridgehead atoms. The van der Waals surface area contributed by atoms with Crippen molar-refractivity contribution in [2.45, 2.75) is 39.5 Å². The molecule has 1 atom stereocenters. The number of rotatable bonds is 4. The molecule has 1 aromatic heterocycles. The minimum atomic E-state index is -0.231. The molecular formula is C22H27FN2O2. The third kappa shape index (κ3) is 4.12. The molecular weight excluding hydrogens is 343 g/mol. The number of hydrogen-bond donors (Lipinski definition) is 0. The molecule has 1 aliphatic rings. The van der Waals surface area contributed by atoms with Gasteiger partial charge in [-0.1, -0.05) is 18.2 Å². The van der Waals surface area contributed by atoms with E-state index in [-0.39, 0.29) is 22.8 Å². The second-order valence-electron chi connectivity index (χ2n) is 7.60. The van der Waals surface area contributed by atoms with Crippen molar-refractivity contribution in [1.82, 2.24) is 9.47 Å². The highest BCUT2D eigenvalue weighted by molar-refractivity contribution is 5.95. The minimum Gasteiger partial charge on any atom is -0.338 e. The number of benzene rings is 1. The van der Waals surface area contributed by atoms with Crippen LogP contribution in [0.4, 0.5) is 4.39 Å². The highest BCUT2D eigenvalue weighted by Crippen LogP contribution is 2.24. The van der Waals surface area contributed by atoms with Crippen LogP contribution in [-0.4, -0.2) is 28.5 Å². The number of carbonyl (C=O) groups excluding carboxylic acids is 1. The van der Waals surface area contributed by atoms with Gasteiger partial charge in [0.15, 0.2) is 0 Å². The molecule has 2 heterocycles. The molecule has 144 valence electrons. The van der Waals surface area contributed by atoms with E-state index < -0.39 is 0 Å². The summed E-state index contributed by atoms with van der Waals surface area (Å²) in [4.78, 5) is 27.4. The number of pyridine rings is 1. The summed E-state index contributed by atoms with van der Waals surface area (Å²) in [6, 6.07) is 8.74. The molecule has 0 spiro atoms.